The number of hydrogen-bond donors (Lipinski definition) is 1. The Balaban J connectivity index is 2.33. The molecule has 0 fully saturated rings. The highest BCUT2D eigenvalue weighted by atomic mass is 35.5. The Morgan fingerprint density at radius 3 is 2.90 bits per heavy atom. The first kappa shape index (κ1) is 14.9. The molecule has 0 saturated heterocycles. The zero-order chi connectivity index (χ0) is 14.7. The Morgan fingerprint density at radius 1 is 1.50 bits per heavy atom. The lowest BCUT2D eigenvalue weighted by Crippen LogP contribution is -2.37. The summed E-state index contributed by atoms with van der Waals surface area (Å²) in [5, 5.41) is 0.688. The molecule has 0 saturated carbocycles. The molecule has 1 atom stereocenters. The molecular weight excluding hydrogens is 272 g/mol. The van der Waals surface area contributed by atoms with Gasteiger partial charge >= 0.3 is 0 Å². The number of hydrogen-bond acceptors (Lipinski definition) is 2. The fourth-order valence-corrected chi connectivity index (χ4v) is 2.85. The van der Waals surface area contributed by atoms with Crippen LogP contribution in [0.4, 0.5) is 5.69 Å². The second kappa shape index (κ2) is 6.31. The third kappa shape index (κ3) is 3.34. The summed E-state index contributed by atoms with van der Waals surface area (Å²) in [7, 11) is 0. The summed E-state index contributed by atoms with van der Waals surface area (Å²) in [6, 6.07) is 5.69. The molecule has 1 heterocycles. The summed E-state index contributed by atoms with van der Waals surface area (Å²) in [6.45, 7) is 5.07. The average Bonchev–Trinajstić information content (AvgIpc) is 2.41. The smallest absolute Gasteiger partial charge is 0.210 e. The van der Waals surface area contributed by atoms with Gasteiger partial charge in [0.25, 0.3) is 0 Å². The first-order valence-corrected chi connectivity index (χ1v) is 7.36. The molecule has 20 heavy (non-hydrogen) atoms. The van der Waals surface area contributed by atoms with Crippen LogP contribution in [0, 0.1) is 5.92 Å². The highest BCUT2D eigenvalue weighted by molar-refractivity contribution is 6.30. The van der Waals surface area contributed by atoms with Gasteiger partial charge in [0.05, 0.1) is 6.04 Å². The second-order valence-electron chi connectivity index (χ2n) is 5.71. The van der Waals surface area contributed by atoms with E-state index in [1.165, 1.54) is 5.57 Å². The zero-order valence-corrected chi connectivity index (χ0v) is 12.7. The Labute approximate surface area is 125 Å². The minimum absolute atomic E-state index is 0.148. The van der Waals surface area contributed by atoms with Gasteiger partial charge in [-0.3, -0.25) is 4.79 Å². The van der Waals surface area contributed by atoms with Gasteiger partial charge in [-0.2, -0.15) is 0 Å². The third-order valence-electron chi connectivity index (χ3n) is 3.67. The van der Waals surface area contributed by atoms with Crippen LogP contribution in [0.15, 0.2) is 24.3 Å². The molecule has 0 radical (unpaired) electrons. The maximum absolute atomic E-state index is 11.2. The highest BCUT2D eigenvalue weighted by Gasteiger charge is 2.23. The van der Waals surface area contributed by atoms with E-state index in [9.17, 15) is 4.79 Å². The highest BCUT2D eigenvalue weighted by Crippen LogP contribution is 2.32. The molecule has 0 bridgehead atoms. The van der Waals surface area contributed by atoms with E-state index in [-0.39, 0.29) is 6.04 Å². The molecule has 3 nitrogen and oxygen atoms in total. The van der Waals surface area contributed by atoms with Crippen LogP contribution in [0.5, 0.6) is 0 Å². The number of nitrogen functional groups attached to an aromatic ring is 1. The van der Waals surface area contributed by atoms with Crippen molar-refractivity contribution < 1.29 is 4.79 Å². The summed E-state index contributed by atoms with van der Waals surface area (Å²) in [5.74, 6) is 0.537. The Kier molecular flexibility index (Phi) is 4.71. The van der Waals surface area contributed by atoms with E-state index in [2.05, 4.69) is 19.9 Å². The Bertz CT molecular complexity index is 525. The van der Waals surface area contributed by atoms with Crippen LogP contribution >= 0.6 is 11.6 Å². The fourth-order valence-electron chi connectivity index (χ4n) is 2.68. The lowest BCUT2D eigenvalue weighted by Gasteiger charge is -2.33. The molecule has 0 aromatic heterocycles. The van der Waals surface area contributed by atoms with Crippen molar-refractivity contribution in [3.63, 3.8) is 0 Å². The van der Waals surface area contributed by atoms with Crippen LogP contribution in [-0.4, -0.2) is 23.9 Å². The van der Waals surface area contributed by atoms with Gasteiger partial charge in [-0.1, -0.05) is 31.5 Å². The first-order valence-electron chi connectivity index (χ1n) is 6.98. The molecule has 1 unspecified atom stereocenters. The number of carbonyl (C=O) groups excluding carboxylic acids is 1. The van der Waals surface area contributed by atoms with Crippen LogP contribution in [0.25, 0.3) is 5.57 Å². The average molecular weight is 293 g/mol. The van der Waals surface area contributed by atoms with E-state index in [0.29, 0.717) is 10.9 Å². The van der Waals surface area contributed by atoms with Crippen LogP contribution < -0.4 is 5.73 Å². The van der Waals surface area contributed by atoms with Gasteiger partial charge in [0.15, 0.2) is 0 Å². The lowest BCUT2D eigenvalue weighted by atomic mass is 9.91. The van der Waals surface area contributed by atoms with Gasteiger partial charge in [-0.25, -0.2) is 0 Å². The molecule has 0 aliphatic carbocycles. The predicted molar refractivity (Wildman–Crippen MR) is 84.5 cm³/mol. The molecule has 1 aliphatic rings. The fraction of sp³-hybridized carbons (Fsp3) is 0.438. The van der Waals surface area contributed by atoms with Gasteiger partial charge in [-0.05, 0) is 42.5 Å². The largest absolute Gasteiger partial charge is 0.398 e. The molecule has 4 heteroatoms. The Morgan fingerprint density at radius 2 is 2.25 bits per heavy atom. The van der Waals surface area contributed by atoms with E-state index >= 15 is 0 Å². The number of anilines is 1. The van der Waals surface area contributed by atoms with E-state index in [1.54, 1.807) is 6.07 Å². The zero-order valence-electron chi connectivity index (χ0n) is 12.0. The van der Waals surface area contributed by atoms with E-state index in [4.69, 9.17) is 17.3 Å². The minimum Gasteiger partial charge on any atom is -0.398 e. The first-order chi connectivity index (χ1) is 9.51. The molecule has 1 aromatic rings. The number of amides is 1. The van der Waals surface area contributed by atoms with Gasteiger partial charge in [0.1, 0.15) is 0 Å². The standard InChI is InChI=1S/C16H21ClN2O/c1-11(2)7-14-8-12(5-6-19(14)10-20)15-9-13(17)3-4-16(15)18/h3-4,8-11,14H,5-7,18H2,1-2H3. The van der Waals surface area contributed by atoms with Crippen molar-refractivity contribution in [1.82, 2.24) is 4.90 Å². The van der Waals surface area contributed by atoms with Crippen LogP contribution in [0.1, 0.15) is 32.3 Å². The summed E-state index contributed by atoms with van der Waals surface area (Å²) >= 11 is 6.06. The number of benzene rings is 1. The number of halogens is 1. The predicted octanol–water partition coefficient (Wildman–Crippen LogP) is 3.58. The van der Waals surface area contributed by atoms with Gasteiger partial charge < -0.3 is 10.6 Å². The monoisotopic (exact) mass is 292 g/mol. The van der Waals surface area contributed by atoms with Crippen molar-refractivity contribution in [3.05, 3.63) is 34.9 Å². The van der Waals surface area contributed by atoms with Crippen LogP contribution in [0.3, 0.4) is 0 Å². The normalized spacial score (nSPS) is 19.1. The third-order valence-corrected chi connectivity index (χ3v) is 3.90. The number of nitrogens with two attached hydrogens (primary N) is 1. The van der Waals surface area contributed by atoms with Crippen molar-refractivity contribution in [3.8, 4) is 0 Å². The van der Waals surface area contributed by atoms with E-state index < -0.39 is 0 Å². The van der Waals surface area contributed by atoms with Crippen molar-refractivity contribution in [2.45, 2.75) is 32.7 Å². The maximum Gasteiger partial charge on any atom is 0.210 e. The number of carbonyl (C=O) groups is 1. The van der Waals surface area contributed by atoms with E-state index in [1.807, 2.05) is 17.0 Å². The second-order valence-corrected chi connectivity index (χ2v) is 6.15. The van der Waals surface area contributed by atoms with E-state index in [0.717, 1.165) is 37.0 Å². The molecule has 2 N–H and O–H groups in total. The van der Waals surface area contributed by atoms with Crippen LogP contribution in [0.2, 0.25) is 5.02 Å². The summed E-state index contributed by atoms with van der Waals surface area (Å²) in [5.41, 5.74) is 8.98. The summed E-state index contributed by atoms with van der Waals surface area (Å²) in [4.78, 5) is 13.0. The van der Waals surface area contributed by atoms with Crippen LogP contribution in [-0.2, 0) is 4.79 Å². The summed E-state index contributed by atoms with van der Waals surface area (Å²) in [6.07, 6.45) is 4.89. The van der Waals surface area contributed by atoms with Crippen molar-refractivity contribution in [2.75, 3.05) is 12.3 Å². The quantitative estimate of drug-likeness (QED) is 0.681. The summed E-state index contributed by atoms with van der Waals surface area (Å²) < 4.78 is 0. The van der Waals surface area contributed by atoms with Gasteiger partial charge in [0.2, 0.25) is 6.41 Å². The number of rotatable bonds is 4. The molecular formula is C16H21ClN2O. The van der Waals surface area contributed by atoms with Gasteiger partial charge in [-0.15, -0.1) is 0 Å². The SMILES string of the molecule is CC(C)CC1C=C(c2cc(Cl)ccc2N)CCN1C=O. The minimum atomic E-state index is 0.148. The molecule has 0 spiro atoms. The molecule has 2 rings (SSSR count). The molecule has 1 amide bonds. The van der Waals surface area contributed by atoms with Gasteiger partial charge in [0, 0.05) is 22.8 Å². The topological polar surface area (TPSA) is 46.3 Å². The maximum atomic E-state index is 11.2. The molecule has 1 aromatic carbocycles. The molecule has 108 valence electrons. The van der Waals surface area contributed by atoms with Crippen molar-refractivity contribution >= 4 is 29.3 Å². The van der Waals surface area contributed by atoms with Crippen molar-refractivity contribution in [1.29, 1.82) is 0 Å². The van der Waals surface area contributed by atoms with Crippen molar-refractivity contribution in [2.24, 2.45) is 5.92 Å². The lowest BCUT2D eigenvalue weighted by molar-refractivity contribution is -0.119. The molecule has 1 aliphatic heterocycles. The number of nitrogens with zero attached hydrogens (tertiary/aromatic N) is 1. The Hall–Kier alpha value is -1.48.